The minimum atomic E-state index is -4.56. The maximum absolute atomic E-state index is 14.3. The highest BCUT2D eigenvalue weighted by molar-refractivity contribution is 6.02. The van der Waals surface area contributed by atoms with Gasteiger partial charge in [0.25, 0.3) is 5.91 Å². The van der Waals surface area contributed by atoms with Gasteiger partial charge < -0.3 is 5.32 Å². The zero-order chi connectivity index (χ0) is 24.6. The molecule has 0 bridgehead atoms. The Balaban J connectivity index is 1.72. The largest absolute Gasteiger partial charge is 0.416 e. The molecule has 0 saturated heterocycles. The second-order valence-corrected chi connectivity index (χ2v) is 7.45. The molecule has 0 radical (unpaired) electrons. The van der Waals surface area contributed by atoms with E-state index in [4.69, 9.17) is 0 Å². The number of hydrogen-bond acceptors (Lipinski definition) is 4. The van der Waals surface area contributed by atoms with Gasteiger partial charge in [-0.25, -0.2) is 13.8 Å². The van der Waals surface area contributed by atoms with Crippen molar-refractivity contribution in [2.45, 2.75) is 20.0 Å². The minimum absolute atomic E-state index is 0.0287. The summed E-state index contributed by atoms with van der Waals surface area (Å²) in [6.07, 6.45) is -4.56. The molecule has 0 aliphatic heterocycles. The topological polar surface area (TPSA) is 81.8 Å². The number of alkyl halides is 3. The smallest absolute Gasteiger partial charge is 0.305 e. The maximum Gasteiger partial charge on any atom is 0.416 e. The lowest BCUT2D eigenvalue weighted by atomic mass is 10.2. The van der Waals surface area contributed by atoms with E-state index in [0.29, 0.717) is 11.4 Å². The van der Waals surface area contributed by atoms with E-state index in [1.165, 1.54) is 43.3 Å². The van der Waals surface area contributed by atoms with Gasteiger partial charge in [-0.1, -0.05) is 18.2 Å². The van der Waals surface area contributed by atoms with Crippen LogP contribution in [0.4, 0.5) is 23.4 Å². The summed E-state index contributed by atoms with van der Waals surface area (Å²) < 4.78 is 55.9. The number of aromatic nitrogens is 4. The Morgan fingerprint density at radius 1 is 0.941 bits per heavy atom. The molecule has 0 aliphatic carbocycles. The number of aryl methyl sites for hydroxylation is 2. The number of nitrogens with zero attached hydrogens (tertiary/aromatic N) is 4. The van der Waals surface area contributed by atoms with Gasteiger partial charge in [-0.3, -0.25) is 9.59 Å². The second kappa shape index (κ2) is 8.58. The van der Waals surface area contributed by atoms with Gasteiger partial charge in [0.05, 0.1) is 16.9 Å². The Kier molecular flexibility index (Phi) is 5.78. The number of anilines is 1. The third kappa shape index (κ3) is 4.45. The van der Waals surface area contributed by atoms with E-state index >= 15 is 0 Å². The number of para-hydroxylation sites is 1. The maximum atomic E-state index is 14.3. The number of rotatable bonds is 4. The lowest BCUT2D eigenvalue weighted by Crippen LogP contribution is -2.27. The third-order valence-corrected chi connectivity index (χ3v) is 4.89. The number of nitrogens with one attached hydrogen (secondary N) is 1. The van der Waals surface area contributed by atoms with Crippen LogP contribution in [0, 0.1) is 19.7 Å². The molecule has 2 aromatic heterocycles. The number of halogens is 4. The molecule has 34 heavy (non-hydrogen) atoms. The van der Waals surface area contributed by atoms with E-state index in [0.717, 1.165) is 27.6 Å². The average molecular weight is 471 g/mol. The molecule has 0 fully saturated rings. The number of amides is 1. The molecular weight excluding hydrogens is 454 g/mol. The predicted octanol–water partition coefficient (Wildman–Crippen LogP) is 4.45. The molecule has 0 atom stereocenters. The van der Waals surface area contributed by atoms with Crippen LogP contribution in [0.25, 0.3) is 11.4 Å². The van der Waals surface area contributed by atoms with Crippen LogP contribution in [0.15, 0.2) is 65.5 Å². The van der Waals surface area contributed by atoms with Crippen molar-refractivity contribution in [1.29, 1.82) is 0 Å². The molecule has 0 unspecified atom stereocenters. The Morgan fingerprint density at radius 2 is 1.68 bits per heavy atom. The summed E-state index contributed by atoms with van der Waals surface area (Å²) >= 11 is 0. The molecule has 4 rings (SSSR count). The Morgan fingerprint density at radius 3 is 2.38 bits per heavy atom. The van der Waals surface area contributed by atoms with Crippen molar-refractivity contribution in [1.82, 2.24) is 19.6 Å². The van der Waals surface area contributed by atoms with Crippen LogP contribution < -0.4 is 10.7 Å². The fraction of sp³-hybridized carbons (Fsp3) is 0.130. The monoisotopic (exact) mass is 471 g/mol. The zero-order valence-corrected chi connectivity index (χ0v) is 17.9. The molecule has 7 nitrogen and oxygen atoms in total. The SMILES string of the molecule is Cc1cc(NC(=O)c2nn(-c3ccccc3F)c(C)cc2=O)n(-c2cccc(C(F)(F)F)c2)n1. The molecule has 0 aliphatic rings. The van der Waals surface area contributed by atoms with Gasteiger partial charge in [-0.15, -0.1) is 0 Å². The van der Waals surface area contributed by atoms with E-state index in [9.17, 15) is 27.2 Å². The van der Waals surface area contributed by atoms with E-state index in [1.807, 2.05) is 0 Å². The Labute approximate surface area is 190 Å². The minimum Gasteiger partial charge on any atom is -0.305 e. The van der Waals surface area contributed by atoms with Crippen LogP contribution in [-0.2, 0) is 6.18 Å². The highest BCUT2D eigenvalue weighted by atomic mass is 19.4. The third-order valence-electron chi connectivity index (χ3n) is 4.89. The normalized spacial score (nSPS) is 11.5. The number of carbonyl (C=O) groups excluding carboxylic acids is 1. The molecule has 0 spiro atoms. The van der Waals surface area contributed by atoms with Gasteiger partial charge in [-0.05, 0) is 44.2 Å². The van der Waals surface area contributed by atoms with Crippen molar-refractivity contribution >= 4 is 11.7 Å². The second-order valence-electron chi connectivity index (χ2n) is 7.45. The van der Waals surface area contributed by atoms with E-state index in [2.05, 4.69) is 15.5 Å². The number of hydrogen-bond donors (Lipinski definition) is 1. The summed E-state index contributed by atoms with van der Waals surface area (Å²) in [4.78, 5) is 25.4. The molecular formula is C23H17F4N5O2. The van der Waals surface area contributed by atoms with E-state index in [1.54, 1.807) is 13.0 Å². The van der Waals surface area contributed by atoms with Gasteiger partial charge >= 0.3 is 6.18 Å². The standard InChI is InChI=1S/C23H17F4N5O2/c1-13-10-20(32(29-13)16-7-5-6-15(12-16)23(25,26)27)28-22(34)21-19(33)11-14(2)31(30-21)18-9-4-3-8-17(18)24/h3-12H,1-2H3,(H,28,34). The Hall–Kier alpha value is -4.28. The molecule has 174 valence electrons. The van der Waals surface area contributed by atoms with Crippen molar-refractivity contribution in [2.24, 2.45) is 0 Å². The van der Waals surface area contributed by atoms with Crippen molar-refractivity contribution in [2.75, 3.05) is 5.32 Å². The molecule has 2 heterocycles. The highest BCUT2D eigenvalue weighted by Gasteiger charge is 2.31. The zero-order valence-electron chi connectivity index (χ0n) is 17.9. The fourth-order valence-electron chi connectivity index (χ4n) is 3.35. The number of benzene rings is 2. The van der Waals surface area contributed by atoms with Gasteiger partial charge in [0, 0.05) is 17.8 Å². The summed E-state index contributed by atoms with van der Waals surface area (Å²) in [6.45, 7) is 3.13. The van der Waals surface area contributed by atoms with Gasteiger partial charge in [0.1, 0.15) is 17.3 Å². The molecule has 0 saturated carbocycles. The van der Waals surface area contributed by atoms with Crippen LogP contribution in [-0.4, -0.2) is 25.5 Å². The first-order valence-corrected chi connectivity index (χ1v) is 9.96. The fourth-order valence-corrected chi connectivity index (χ4v) is 3.35. The quantitative estimate of drug-likeness (QED) is 0.446. The first-order chi connectivity index (χ1) is 16.0. The summed E-state index contributed by atoms with van der Waals surface area (Å²) in [5.41, 5.74) is -1.31. The summed E-state index contributed by atoms with van der Waals surface area (Å²) in [7, 11) is 0. The van der Waals surface area contributed by atoms with E-state index < -0.39 is 34.6 Å². The lowest BCUT2D eigenvalue weighted by molar-refractivity contribution is -0.137. The predicted molar refractivity (Wildman–Crippen MR) is 116 cm³/mol. The molecule has 2 aromatic carbocycles. The molecule has 1 amide bonds. The van der Waals surface area contributed by atoms with Crippen LogP contribution >= 0.6 is 0 Å². The Bertz CT molecular complexity index is 1460. The van der Waals surface area contributed by atoms with Crippen molar-refractivity contribution < 1.29 is 22.4 Å². The molecule has 11 heteroatoms. The molecule has 4 aromatic rings. The number of carbonyl (C=O) groups is 1. The first kappa shape index (κ1) is 22.9. The van der Waals surface area contributed by atoms with Crippen LogP contribution in [0.1, 0.15) is 27.4 Å². The van der Waals surface area contributed by atoms with Gasteiger partial charge in [-0.2, -0.15) is 23.4 Å². The lowest BCUT2D eigenvalue weighted by Gasteiger charge is -2.13. The molecule has 1 N–H and O–H groups in total. The van der Waals surface area contributed by atoms with Crippen molar-refractivity contribution in [3.63, 3.8) is 0 Å². The van der Waals surface area contributed by atoms with Crippen LogP contribution in [0.3, 0.4) is 0 Å². The average Bonchev–Trinajstić information content (AvgIpc) is 3.14. The summed E-state index contributed by atoms with van der Waals surface area (Å²) in [5, 5.41) is 10.6. The van der Waals surface area contributed by atoms with Crippen molar-refractivity contribution in [3.8, 4) is 11.4 Å². The van der Waals surface area contributed by atoms with Gasteiger partial charge in [0.2, 0.25) is 5.43 Å². The van der Waals surface area contributed by atoms with Crippen LogP contribution in [0.2, 0.25) is 0 Å². The summed E-state index contributed by atoms with van der Waals surface area (Å²) in [6, 6.07) is 12.7. The highest BCUT2D eigenvalue weighted by Crippen LogP contribution is 2.31. The van der Waals surface area contributed by atoms with Crippen LogP contribution in [0.5, 0.6) is 0 Å². The summed E-state index contributed by atoms with van der Waals surface area (Å²) in [5.74, 6) is -1.50. The first-order valence-electron chi connectivity index (χ1n) is 9.96. The van der Waals surface area contributed by atoms with Crippen molar-refractivity contribution in [3.05, 3.63) is 99.3 Å². The van der Waals surface area contributed by atoms with Gasteiger partial charge in [0.15, 0.2) is 5.69 Å². The van der Waals surface area contributed by atoms with E-state index in [-0.39, 0.29) is 17.2 Å².